The lowest BCUT2D eigenvalue weighted by Crippen LogP contribution is -1.96. The van der Waals surface area contributed by atoms with E-state index in [1.165, 1.54) is 15.6 Å². The van der Waals surface area contributed by atoms with E-state index in [1.807, 2.05) is 24.4 Å². The van der Waals surface area contributed by atoms with Crippen LogP contribution in [0.1, 0.15) is 16.6 Å². The Bertz CT molecular complexity index is 648. The van der Waals surface area contributed by atoms with Gasteiger partial charge in [-0.05, 0) is 34.5 Å². The molecule has 0 radical (unpaired) electrons. The maximum atomic E-state index is 6.53. The van der Waals surface area contributed by atoms with Crippen molar-refractivity contribution < 1.29 is 0 Å². The van der Waals surface area contributed by atoms with Crippen molar-refractivity contribution in [1.82, 2.24) is 4.98 Å². The van der Waals surface area contributed by atoms with Crippen LogP contribution in [0.3, 0.4) is 0 Å². The number of pyridine rings is 1. The van der Waals surface area contributed by atoms with Gasteiger partial charge in [-0.3, -0.25) is 4.98 Å². The van der Waals surface area contributed by atoms with Crippen LogP contribution in [0.15, 0.2) is 54.0 Å². The fourth-order valence-electron chi connectivity index (χ4n) is 2.05. The van der Waals surface area contributed by atoms with E-state index in [2.05, 4.69) is 34.6 Å². The first-order valence-corrected chi connectivity index (χ1v) is 7.16. The molecule has 0 spiro atoms. The summed E-state index contributed by atoms with van der Waals surface area (Å²) in [5, 5.41) is 3.40. The summed E-state index contributed by atoms with van der Waals surface area (Å²) in [5.41, 5.74) is 2.25. The molecular formula is C15H12ClNS. The van der Waals surface area contributed by atoms with Gasteiger partial charge in [0.15, 0.2) is 0 Å². The molecular weight excluding hydrogens is 262 g/mol. The zero-order chi connectivity index (χ0) is 12.4. The van der Waals surface area contributed by atoms with Crippen molar-refractivity contribution in [3.8, 4) is 0 Å². The summed E-state index contributed by atoms with van der Waals surface area (Å²) in [7, 11) is 0. The molecule has 0 N–H and O–H groups in total. The predicted molar refractivity (Wildman–Crippen MR) is 78.4 cm³/mol. The molecule has 3 rings (SSSR count). The minimum atomic E-state index is -0.0175. The van der Waals surface area contributed by atoms with Gasteiger partial charge < -0.3 is 0 Å². The number of benzene rings is 1. The Labute approximate surface area is 115 Å². The number of hydrogen-bond donors (Lipinski definition) is 0. The Kier molecular flexibility index (Phi) is 3.31. The SMILES string of the molecule is ClC(Cc1ccccn1)c1csc2ccccc12. The summed E-state index contributed by atoms with van der Waals surface area (Å²) in [6, 6.07) is 14.3. The van der Waals surface area contributed by atoms with E-state index in [0.717, 1.165) is 12.1 Å². The summed E-state index contributed by atoms with van der Waals surface area (Å²) in [4.78, 5) is 4.33. The van der Waals surface area contributed by atoms with Crippen molar-refractivity contribution in [3.63, 3.8) is 0 Å². The number of aromatic nitrogens is 1. The van der Waals surface area contributed by atoms with Gasteiger partial charge in [0.1, 0.15) is 0 Å². The predicted octanol–water partition coefficient (Wildman–Crippen LogP) is 4.82. The lowest BCUT2D eigenvalue weighted by Gasteiger charge is -2.08. The standard InChI is InChI=1S/C15H12ClNS/c16-14(9-11-5-3-4-8-17-11)13-10-18-15-7-2-1-6-12(13)15/h1-8,10,14H,9H2. The van der Waals surface area contributed by atoms with E-state index < -0.39 is 0 Å². The van der Waals surface area contributed by atoms with E-state index in [4.69, 9.17) is 11.6 Å². The van der Waals surface area contributed by atoms with E-state index >= 15 is 0 Å². The van der Waals surface area contributed by atoms with Crippen LogP contribution in [-0.4, -0.2) is 4.98 Å². The van der Waals surface area contributed by atoms with Crippen molar-refractivity contribution in [3.05, 3.63) is 65.3 Å². The van der Waals surface area contributed by atoms with Crippen LogP contribution < -0.4 is 0 Å². The minimum Gasteiger partial charge on any atom is -0.261 e. The van der Waals surface area contributed by atoms with Crippen molar-refractivity contribution in [2.24, 2.45) is 0 Å². The maximum absolute atomic E-state index is 6.53. The van der Waals surface area contributed by atoms with Crippen LogP contribution in [0.2, 0.25) is 0 Å². The summed E-state index contributed by atoms with van der Waals surface area (Å²) >= 11 is 8.28. The number of rotatable bonds is 3. The van der Waals surface area contributed by atoms with Crippen molar-refractivity contribution >= 4 is 33.0 Å². The van der Waals surface area contributed by atoms with Crippen molar-refractivity contribution in [2.45, 2.75) is 11.8 Å². The number of thiophene rings is 1. The van der Waals surface area contributed by atoms with Crippen LogP contribution in [0.25, 0.3) is 10.1 Å². The second kappa shape index (κ2) is 5.09. The number of nitrogens with zero attached hydrogens (tertiary/aromatic N) is 1. The lowest BCUT2D eigenvalue weighted by molar-refractivity contribution is 0.890. The summed E-state index contributed by atoms with van der Waals surface area (Å²) < 4.78 is 1.29. The van der Waals surface area contributed by atoms with Crippen LogP contribution >= 0.6 is 22.9 Å². The van der Waals surface area contributed by atoms with Gasteiger partial charge in [0.2, 0.25) is 0 Å². The van der Waals surface area contributed by atoms with Gasteiger partial charge in [-0.25, -0.2) is 0 Å². The third-order valence-corrected chi connectivity index (χ3v) is 4.33. The third-order valence-electron chi connectivity index (χ3n) is 2.96. The number of alkyl halides is 1. The summed E-state index contributed by atoms with van der Waals surface area (Å²) in [5.74, 6) is 0. The van der Waals surface area contributed by atoms with E-state index in [9.17, 15) is 0 Å². The molecule has 0 saturated heterocycles. The van der Waals surface area contributed by atoms with Crippen LogP contribution in [0, 0.1) is 0 Å². The molecule has 1 unspecified atom stereocenters. The van der Waals surface area contributed by atoms with Gasteiger partial charge in [0.25, 0.3) is 0 Å². The summed E-state index contributed by atoms with van der Waals surface area (Å²) in [6.07, 6.45) is 2.58. The molecule has 18 heavy (non-hydrogen) atoms. The van der Waals surface area contributed by atoms with Gasteiger partial charge in [0.05, 0.1) is 5.38 Å². The average Bonchev–Trinajstić information content (AvgIpc) is 2.84. The number of fused-ring (bicyclic) bond motifs is 1. The van der Waals surface area contributed by atoms with Gasteiger partial charge in [-0.2, -0.15) is 0 Å². The molecule has 1 nitrogen and oxygen atoms in total. The Morgan fingerprint density at radius 1 is 1.11 bits per heavy atom. The second-order valence-corrected chi connectivity index (χ2v) is 5.62. The van der Waals surface area contributed by atoms with E-state index in [0.29, 0.717) is 0 Å². The average molecular weight is 274 g/mol. The highest BCUT2D eigenvalue weighted by Crippen LogP contribution is 2.34. The molecule has 0 aliphatic rings. The van der Waals surface area contributed by atoms with E-state index in [-0.39, 0.29) is 5.38 Å². The molecule has 1 atom stereocenters. The van der Waals surface area contributed by atoms with Gasteiger partial charge in [-0.15, -0.1) is 22.9 Å². The number of halogens is 1. The van der Waals surface area contributed by atoms with Crippen LogP contribution in [0.5, 0.6) is 0 Å². The Morgan fingerprint density at radius 2 is 1.94 bits per heavy atom. The first-order valence-electron chi connectivity index (χ1n) is 5.85. The molecule has 0 aliphatic carbocycles. The van der Waals surface area contributed by atoms with Gasteiger partial charge in [0, 0.05) is 23.0 Å². The Hall–Kier alpha value is -1.38. The van der Waals surface area contributed by atoms with E-state index in [1.54, 1.807) is 11.3 Å². The van der Waals surface area contributed by atoms with Gasteiger partial charge >= 0.3 is 0 Å². The highest BCUT2D eigenvalue weighted by atomic mass is 35.5. The van der Waals surface area contributed by atoms with Crippen LogP contribution in [-0.2, 0) is 6.42 Å². The lowest BCUT2D eigenvalue weighted by atomic mass is 10.1. The molecule has 3 aromatic rings. The smallest absolute Gasteiger partial charge is 0.0654 e. The van der Waals surface area contributed by atoms with Crippen LogP contribution in [0.4, 0.5) is 0 Å². The molecule has 90 valence electrons. The highest BCUT2D eigenvalue weighted by molar-refractivity contribution is 7.17. The van der Waals surface area contributed by atoms with Gasteiger partial charge in [-0.1, -0.05) is 24.3 Å². The molecule has 3 heteroatoms. The zero-order valence-corrected chi connectivity index (χ0v) is 11.3. The van der Waals surface area contributed by atoms with Crippen molar-refractivity contribution in [1.29, 1.82) is 0 Å². The topological polar surface area (TPSA) is 12.9 Å². The molecule has 0 aliphatic heterocycles. The fourth-order valence-corrected chi connectivity index (χ4v) is 3.48. The first kappa shape index (κ1) is 11.7. The number of hydrogen-bond acceptors (Lipinski definition) is 2. The Morgan fingerprint density at radius 3 is 2.78 bits per heavy atom. The minimum absolute atomic E-state index is 0.0175. The monoisotopic (exact) mass is 273 g/mol. The fraction of sp³-hybridized carbons (Fsp3) is 0.133. The quantitative estimate of drug-likeness (QED) is 0.624. The third kappa shape index (κ3) is 2.26. The van der Waals surface area contributed by atoms with Crippen molar-refractivity contribution in [2.75, 3.05) is 0 Å². The summed E-state index contributed by atoms with van der Waals surface area (Å²) in [6.45, 7) is 0. The molecule has 1 aromatic carbocycles. The Balaban J connectivity index is 1.90. The molecule has 0 bridgehead atoms. The molecule has 2 aromatic heterocycles. The molecule has 0 fully saturated rings. The molecule has 0 amide bonds. The maximum Gasteiger partial charge on any atom is 0.0654 e. The second-order valence-electron chi connectivity index (χ2n) is 4.18. The highest BCUT2D eigenvalue weighted by Gasteiger charge is 2.14. The first-order chi connectivity index (χ1) is 8.84. The molecule has 0 saturated carbocycles. The zero-order valence-electron chi connectivity index (χ0n) is 9.71. The normalized spacial score (nSPS) is 12.7. The largest absolute Gasteiger partial charge is 0.261 e. The molecule has 2 heterocycles.